The molecule has 1 heterocycles. The van der Waals surface area contributed by atoms with E-state index in [9.17, 15) is 9.59 Å². The van der Waals surface area contributed by atoms with Crippen LogP contribution in [0.15, 0.2) is 17.5 Å². The Kier molecular flexibility index (Phi) is 3.64. The molecule has 14 heavy (non-hydrogen) atoms. The number of primary amides is 1. The molecule has 2 amide bonds. The maximum absolute atomic E-state index is 11.4. The van der Waals surface area contributed by atoms with Crippen LogP contribution in [0.2, 0.25) is 0 Å². The first-order chi connectivity index (χ1) is 6.59. The molecule has 1 rings (SSSR count). The molecule has 0 bridgehead atoms. The minimum Gasteiger partial charge on any atom is -0.370 e. The zero-order valence-corrected chi connectivity index (χ0v) is 8.64. The van der Waals surface area contributed by atoms with Crippen molar-refractivity contribution >= 4 is 23.2 Å². The molecule has 4 nitrogen and oxygen atoms in total. The second-order valence-electron chi connectivity index (χ2n) is 3.02. The largest absolute Gasteiger partial charge is 0.370 e. The summed E-state index contributed by atoms with van der Waals surface area (Å²) in [7, 11) is 0. The Morgan fingerprint density at radius 2 is 2.36 bits per heavy atom. The van der Waals surface area contributed by atoms with E-state index < -0.39 is 5.91 Å². The number of thiophene rings is 1. The van der Waals surface area contributed by atoms with E-state index in [1.165, 1.54) is 11.3 Å². The molecule has 5 heteroatoms. The Bertz CT molecular complexity index is 322. The van der Waals surface area contributed by atoms with E-state index in [-0.39, 0.29) is 18.4 Å². The quantitative estimate of drug-likeness (QED) is 0.772. The molecule has 1 unspecified atom stereocenters. The maximum atomic E-state index is 11.4. The molecule has 0 aliphatic heterocycles. The van der Waals surface area contributed by atoms with Gasteiger partial charge in [-0.1, -0.05) is 6.07 Å². The Balaban J connectivity index is 2.45. The molecule has 1 aromatic heterocycles. The van der Waals surface area contributed by atoms with Gasteiger partial charge in [0.25, 0.3) is 5.91 Å². The number of carbonyl (C=O) groups is 2. The second kappa shape index (κ2) is 4.76. The minimum atomic E-state index is -0.413. The van der Waals surface area contributed by atoms with Crippen LogP contribution in [-0.2, 0) is 4.79 Å². The summed E-state index contributed by atoms with van der Waals surface area (Å²) in [6.45, 7) is 1.75. The molecule has 0 fully saturated rings. The number of rotatable bonds is 4. The van der Waals surface area contributed by atoms with Gasteiger partial charge < -0.3 is 11.1 Å². The highest BCUT2D eigenvalue weighted by atomic mass is 32.1. The van der Waals surface area contributed by atoms with Gasteiger partial charge in [0.1, 0.15) is 0 Å². The average molecular weight is 212 g/mol. The van der Waals surface area contributed by atoms with Crippen LogP contribution in [0.1, 0.15) is 23.0 Å². The Morgan fingerprint density at radius 3 is 2.86 bits per heavy atom. The first-order valence-electron chi connectivity index (χ1n) is 4.22. The van der Waals surface area contributed by atoms with Gasteiger partial charge in [0.05, 0.1) is 4.88 Å². The summed E-state index contributed by atoms with van der Waals surface area (Å²) in [5.74, 6) is -0.572. The van der Waals surface area contributed by atoms with Crippen molar-refractivity contribution in [3.05, 3.63) is 22.4 Å². The van der Waals surface area contributed by atoms with Gasteiger partial charge in [-0.3, -0.25) is 9.59 Å². The molecule has 1 atom stereocenters. The van der Waals surface area contributed by atoms with Crippen LogP contribution >= 0.6 is 11.3 Å². The highest BCUT2D eigenvalue weighted by molar-refractivity contribution is 7.12. The predicted molar refractivity (Wildman–Crippen MR) is 55.1 cm³/mol. The van der Waals surface area contributed by atoms with Crippen molar-refractivity contribution in [1.29, 1.82) is 0 Å². The van der Waals surface area contributed by atoms with Gasteiger partial charge in [-0.25, -0.2) is 0 Å². The van der Waals surface area contributed by atoms with Crippen LogP contribution in [0.25, 0.3) is 0 Å². The second-order valence-corrected chi connectivity index (χ2v) is 3.97. The van der Waals surface area contributed by atoms with E-state index in [1.54, 1.807) is 19.1 Å². The van der Waals surface area contributed by atoms with Crippen molar-refractivity contribution in [3.63, 3.8) is 0 Å². The summed E-state index contributed by atoms with van der Waals surface area (Å²) < 4.78 is 0. The van der Waals surface area contributed by atoms with Crippen LogP contribution in [0, 0.1) is 0 Å². The Labute approximate surface area is 86.1 Å². The first kappa shape index (κ1) is 10.7. The number of hydrogen-bond acceptors (Lipinski definition) is 3. The van der Waals surface area contributed by atoms with Gasteiger partial charge in [-0.15, -0.1) is 11.3 Å². The third-order valence-electron chi connectivity index (χ3n) is 1.63. The van der Waals surface area contributed by atoms with Crippen molar-refractivity contribution < 1.29 is 9.59 Å². The highest BCUT2D eigenvalue weighted by Crippen LogP contribution is 2.08. The van der Waals surface area contributed by atoms with Crippen molar-refractivity contribution in [2.24, 2.45) is 5.73 Å². The molecule has 0 aromatic carbocycles. The molecule has 0 spiro atoms. The standard InChI is InChI=1S/C9H12N2O2S/c1-6(5-8(10)12)11-9(13)7-3-2-4-14-7/h2-4,6H,5H2,1H3,(H2,10,12)(H,11,13). The van der Waals surface area contributed by atoms with Crippen molar-refractivity contribution in [1.82, 2.24) is 5.32 Å². The lowest BCUT2D eigenvalue weighted by atomic mass is 10.2. The van der Waals surface area contributed by atoms with Crippen LogP contribution in [0.3, 0.4) is 0 Å². The van der Waals surface area contributed by atoms with E-state index in [2.05, 4.69) is 5.32 Å². The van der Waals surface area contributed by atoms with Crippen LogP contribution in [0.5, 0.6) is 0 Å². The van der Waals surface area contributed by atoms with E-state index in [1.807, 2.05) is 5.38 Å². The summed E-state index contributed by atoms with van der Waals surface area (Å²) in [6.07, 6.45) is 0.164. The monoisotopic (exact) mass is 212 g/mol. The summed E-state index contributed by atoms with van der Waals surface area (Å²) >= 11 is 1.36. The fourth-order valence-electron chi connectivity index (χ4n) is 1.06. The van der Waals surface area contributed by atoms with Gasteiger partial charge in [0.2, 0.25) is 5.91 Å². The minimum absolute atomic E-state index is 0.159. The molecule has 0 aliphatic carbocycles. The van der Waals surface area contributed by atoms with Crippen molar-refractivity contribution in [2.75, 3.05) is 0 Å². The molecule has 1 aromatic rings. The van der Waals surface area contributed by atoms with Crippen molar-refractivity contribution in [2.45, 2.75) is 19.4 Å². The topological polar surface area (TPSA) is 72.2 Å². The number of nitrogens with one attached hydrogen (secondary N) is 1. The van der Waals surface area contributed by atoms with Gasteiger partial charge in [0.15, 0.2) is 0 Å². The molecule has 3 N–H and O–H groups in total. The van der Waals surface area contributed by atoms with Gasteiger partial charge in [-0.2, -0.15) is 0 Å². The van der Waals surface area contributed by atoms with E-state index in [4.69, 9.17) is 5.73 Å². The fourth-order valence-corrected chi connectivity index (χ4v) is 1.68. The summed E-state index contributed by atoms with van der Waals surface area (Å²) in [5.41, 5.74) is 5.00. The highest BCUT2D eigenvalue weighted by Gasteiger charge is 2.11. The summed E-state index contributed by atoms with van der Waals surface area (Å²) in [6, 6.07) is 3.32. The van der Waals surface area contributed by atoms with Crippen LogP contribution in [0.4, 0.5) is 0 Å². The zero-order valence-electron chi connectivity index (χ0n) is 7.82. The van der Waals surface area contributed by atoms with Crippen molar-refractivity contribution in [3.8, 4) is 0 Å². The smallest absolute Gasteiger partial charge is 0.261 e. The molecule has 76 valence electrons. The number of hydrogen-bond donors (Lipinski definition) is 2. The van der Waals surface area contributed by atoms with Gasteiger partial charge >= 0.3 is 0 Å². The lowest BCUT2D eigenvalue weighted by molar-refractivity contribution is -0.118. The molecule has 0 saturated heterocycles. The third kappa shape index (κ3) is 3.18. The Morgan fingerprint density at radius 1 is 1.64 bits per heavy atom. The Hall–Kier alpha value is -1.36. The van der Waals surface area contributed by atoms with Gasteiger partial charge in [-0.05, 0) is 18.4 Å². The van der Waals surface area contributed by atoms with Crippen LogP contribution in [-0.4, -0.2) is 17.9 Å². The average Bonchev–Trinajstić information content (AvgIpc) is 2.53. The first-order valence-corrected chi connectivity index (χ1v) is 5.10. The number of nitrogens with two attached hydrogens (primary N) is 1. The lowest BCUT2D eigenvalue weighted by Crippen LogP contribution is -2.35. The molecular weight excluding hydrogens is 200 g/mol. The molecular formula is C9H12N2O2S. The van der Waals surface area contributed by atoms with Crippen LogP contribution < -0.4 is 11.1 Å². The van der Waals surface area contributed by atoms with E-state index in [0.717, 1.165) is 0 Å². The maximum Gasteiger partial charge on any atom is 0.261 e. The number of amides is 2. The summed E-state index contributed by atoms with van der Waals surface area (Å²) in [5, 5.41) is 4.51. The third-order valence-corrected chi connectivity index (χ3v) is 2.50. The fraction of sp³-hybridized carbons (Fsp3) is 0.333. The van der Waals surface area contributed by atoms with E-state index >= 15 is 0 Å². The normalized spacial score (nSPS) is 12.1. The molecule has 0 aliphatic rings. The SMILES string of the molecule is CC(CC(N)=O)NC(=O)c1cccs1. The molecule has 0 radical (unpaired) electrons. The lowest BCUT2D eigenvalue weighted by Gasteiger charge is -2.10. The molecule has 0 saturated carbocycles. The zero-order chi connectivity index (χ0) is 10.6. The summed E-state index contributed by atoms with van der Waals surface area (Å²) in [4.78, 5) is 22.6. The number of carbonyl (C=O) groups excluding carboxylic acids is 2. The van der Waals surface area contributed by atoms with E-state index in [0.29, 0.717) is 4.88 Å². The van der Waals surface area contributed by atoms with Gasteiger partial charge in [0, 0.05) is 12.5 Å². The predicted octanol–water partition coefficient (Wildman–Crippen LogP) is 0.742.